The van der Waals surface area contributed by atoms with Gasteiger partial charge in [-0.25, -0.2) is 4.98 Å². The van der Waals surface area contributed by atoms with Crippen molar-refractivity contribution in [3.05, 3.63) is 16.1 Å². The van der Waals surface area contributed by atoms with E-state index in [4.69, 9.17) is 5.73 Å². The molecule has 0 aromatic carbocycles. The van der Waals surface area contributed by atoms with E-state index in [0.29, 0.717) is 6.54 Å². The highest BCUT2D eigenvalue weighted by atomic mass is 32.1. The van der Waals surface area contributed by atoms with Crippen LogP contribution in [0.3, 0.4) is 0 Å². The number of aryl methyl sites for hydroxylation is 1. The molecule has 0 bridgehead atoms. The van der Waals surface area contributed by atoms with Gasteiger partial charge in [-0.15, -0.1) is 11.3 Å². The fraction of sp³-hybridized carbons (Fsp3) is 0.400. The van der Waals surface area contributed by atoms with Gasteiger partial charge in [0.15, 0.2) is 0 Å². The van der Waals surface area contributed by atoms with Crippen molar-refractivity contribution in [2.45, 2.75) is 13.5 Å². The van der Waals surface area contributed by atoms with Gasteiger partial charge < -0.3 is 5.73 Å². The third-order valence-corrected chi connectivity index (χ3v) is 1.83. The Morgan fingerprint density at radius 3 is 2.88 bits per heavy atom. The third-order valence-electron chi connectivity index (χ3n) is 0.841. The largest absolute Gasteiger partial charge is 0.325 e. The molecule has 0 aliphatic carbocycles. The SMILES string of the molecule is Cc1csc(CN)n1. The van der Waals surface area contributed by atoms with Gasteiger partial charge in [0.1, 0.15) is 5.01 Å². The number of thiazole rings is 1. The number of nitrogens with zero attached hydrogens (tertiary/aromatic N) is 1. The molecular weight excluding hydrogens is 120 g/mol. The van der Waals surface area contributed by atoms with Crippen molar-refractivity contribution in [1.29, 1.82) is 0 Å². The monoisotopic (exact) mass is 128 g/mol. The molecule has 1 aromatic rings. The molecule has 0 saturated carbocycles. The van der Waals surface area contributed by atoms with E-state index < -0.39 is 0 Å². The first-order chi connectivity index (χ1) is 3.83. The smallest absolute Gasteiger partial charge is 0.106 e. The Balaban J connectivity index is 2.84. The predicted molar refractivity (Wildman–Crippen MR) is 34.7 cm³/mol. The molecule has 0 atom stereocenters. The molecule has 44 valence electrons. The molecule has 2 N–H and O–H groups in total. The van der Waals surface area contributed by atoms with Crippen molar-refractivity contribution < 1.29 is 0 Å². The molecule has 2 nitrogen and oxygen atoms in total. The van der Waals surface area contributed by atoms with E-state index in [9.17, 15) is 0 Å². The van der Waals surface area contributed by atoms with Gasteiger partial charge in [0.25, 0.3) is 0 Å². The van der Waals surface area contributed by atoms with E-state index in [1.165, 1.54) is 0 Å². The van der Waals surface area contributed by atoms with Crippen LogP contribution >= 0.6 is 11.3 Å². The lowest BCUT2D eigenvalue weighted by Crippen LogP contribution is -1.94. The van der Waals surface area contributed by atoms with Gasteiger partial charge in [-0.05, 0) is 6.92 Å². The highest BCUT2D eigenvalue weighted by Crippen LogP contribution is 2.06. The number of hydrogen-bond acceptors (Lipinski definition) is 3. The molecule has 0 radical (unpaired) electrons. The normalized spacial score (nSPS) is 9.75. The van der Waals surface area contributed by atoms with Gasteiger partial charge in [0, 0.05) is 17.6 Å². The van der Waals surface area contributed by atoms with Crippen LogP contribution in [-0.2, 0) is 6.54 Å². The van der Waals surface area contributed by atoms with Crippen LogP contribution in [0.1, 0.15) is 10.7 Å². The fourth-order valence-electron chi connectivity index (χ4n) is 0.496. The Kier molecular flexibility index (Phi) is 1.60. The molecule has 1 rings (SSSR count). The minimum Gasteiger partial charge on any atom is -0.325 e. The highest BCUT2D eigenvalue weighted by molar-refractivity contribution is 7.09. The standard InChI is InChI=1S/C5H8N2S/c1-4-3-8-5(2-6)7-4/h3H,2,6H2,1H3. The van der Waals surface area contributed by atoms with Crippen molar-refractivity contribution in [1.82, 2.24) is 4.98 Å². The van der Waals surface area contributed by atoms with E-state index >= 15 is 0 Å². The molecule has 3 heteroatoms. The summed E-state index contributed by atoms with van der Waals surface area (Å²) in [7, 11) is 0. The van der Waals surface area contributed by atoms with Crippen LogP contribution in [0, 0.1) is 6.92 Å². The topological polar surface area (TPSA) is 38.9 Å². The van der Waals surface area contributed by atoms with E-state index in [0.717, 1.165) is 10.7 Å². The maximum absolute atomic E-state index is 5.31. The summed E-state index contributed by atoms with van der Waals surface area (Å²) in [6, 6.07) is 0. The van der Waals surface area contributed by atoms with Gasteiger partial charge >= 0.3 is 0 Å². The van der Waals surface area contributed by atoms with Gasteiger partial charge in [0.2, 0.25) is 0 Å². The number of aromatic nitrogens is 1. The summed E-state index contributed by atoms with van der Waals surface area (Å²) < 4.78 is 0. The number of nitrogens with two attached hydrogens (primary N) is 1. The Morgan fingerprint density at radius 2 is 2.62 bits per heavy atom. The molecule has 0 fully saturated rings. The average molecular weight is 128 g/mol. The Labute approximate surface area is 52.4 Å². The summed E-state index contributed by atoms with van der Waals surface area (Å²) >= 11 is 1.61. The Bertz CT molecular complexity index is 171. The average Bonchev–Trinajstić information content (AvgIpc) is 2.14. The van der Waals surface area contributed by atoms with Crippen molar-refractivity contribution >= 4 is 11.3 Å². The van der Waals surface area contributed by atoms with Crippen LogP contribution in [-0.4, -0.2) is 4.98 Å². The second kappa shape index (κ2) is 2.24. The Morgan fingerprint density at radius 1 is 1.88 bits per heavy atom. The summed E-state index contributed by atoms with van der Waals surface area (Å²) in [5.41, 5.74) is 6.38. The van der Waals surface area contributed by atoms with Crippen LogP contribution in [0.4, 0.5) is 0 Å². The quantitative estimate of drug-likeness (QED) is 0.610. The van der Waals surface area contributed by atoms with Crippen LogP contribution in [0.25, 0.3) is 0 Å². The lowest BCUT2D eigenvalue weighted by atomic mass is 10.6. The summed E-state index contributed by atoms with van der Waals surface area (Å²) in [5, 5.41) is 3.02. The third kappa shape index (κ3) is 1.05. The molecule has 0 unspecified atom stereocenters. The van der Waals surface area contributed by atoms with Gasteiger partial charge in [-0.2, -0.15) is 0 Å². The lowest BCUT2D eigenvalue weighted by Gasteiger charge is -1.80. The lowest BCUT2D eigenvalue weighted by molar-refractivity contribution is 1.02. The van der Waals surface area contributed by atoms with Crippen LogP contribution in [0.5, 0.6) is 0 Å². The molecule has 1 heterocycles. The first-order valence-electron chi connectivity index (χ1n) is 2.44. The minimum absolute atomic E-state index is 0.568. The summed E-state index contributed by atoms with van der Waals surface area (Å²) in [6.45, 7) is 2.54. The molecule has 0 aliphatic heterocycles. The number of hydrogen-bond donors (Lipinski definition) is 1. The molecule has 0 saturated heterocycles. The van der Waals surface area contributed by atoms with Gasteiger partial charge in [-0.3, -0.25) is 0 Å². The first kappa shape index (κ1) is 5.72. The van der Waals surface area contributed by atoms with Crippen LogP contribution in [0.15, 0.2) is 5.38 Å². The van der Waals surface area contributed by atoms with Crippen molar-refractivity contribution in [3.63, 3.8) is 0 Å². The second-order valence-corrected chi connectivity index (χ2v) is 2.53. The zero-order valence-electron chi connectivity index (χ0n) is 4.72. The van der Waals surface area contributed by atoms with E-state index in [1.54, 1.807) is 11.3 Å². The molecule has 8 heavy (non-hydrogen) atoms. The van der Waals surface area contributed by atoms with Crippen LogP contribution in [0.2, 0.25) is 0 Å². The highest BCUT2D eigenvalue weighted by Gasteiger charge is 1.91. The first-order valence-corrected chi connectivity index (χ1v) is 3.32. The van der Waals surface area contributed by atoms with Crippen molar-refractivity contribution in [2.75, 3.05) is 0 Å². The van der Waals surface area contributed by atoms with E-state index in [-0.39, 0.29) is 0 Å². The minimum atomic E-state index is 0.568. The molecule has 0 spiro atoms. The maximum atomic E-state index is 5.31. The van der Waals surface area contributed by atoms with Gasteiger partial charge in [0.05, 0.1) is 0 Å². The molecular formula is C5H8N2S. The van der Waals surface area contributed by atoms with Crippen molar-refractivity contribution in [3.8, 4) is 0 Å². The Hall–Kier alpha value is -0.410. The fourth-order valence-corrected chi connectivity index (χ4v) is 1.15. The molecule has 0 amide bonds. The summed E-state index contributed by atoms with van der Waals surface area (Å²) in [6.07, 6.45) is 0. The van der Waals surface area contributed by atoms with Gasteiger partial charge in [-0.1, -0.05) is 0 Å². The predicted octanol–water partition coefficient (Wildman–Crippen LogP) is 0.910. The maximum Gasteiger partial charge on any atom is 0.106 e. The summed E-state index contributed by atoms with van der Waals surface area (Å²) in [4.78, 5) is 4.12. The zero-order chi connectivity index (χ0) is 5.98. The van der Waals surface area contributed by atoms with Crippen LogP contribution < -0.4 is 5.73 Å². The molecule has 1 aromatic heterocycles. The second-order valence-electron chi connectivity index (χ2n) is 1.59. The van der Waals surface area contributed by atoms with E-state index in [1.807, 2.05) is 12.3 Å². The van der Waals surface area contributed by atoms with E-state index in [2.05, 4.69) is 4.98 Å². The molecule has 0 aliphatic rings. The zero-order valence-corrected chi connectivity index (χ0v) is 5.53. The summed E-state index contributed by atoms with van der Waals surface area (Å²) in [5.74, 6) is 0. The number of rotatable bonds is 1. The van der Waals surface area contributed by atoms with Crippen molar-refractivity contribution in [2.24, 2.45) is 5.73 Å².